The summed E-state index contributed by atoms with van der Waals surface area (Å²) in [6, 6.07) is 7.43. The van der Waals surface area contributed by atoms with Crippen LogP contribution < -0.4 is 11.1 Å². The number of carbonyl (C=O) groups excluding carboxylic acids is 2. The van der Waals surface area contributed by atoms with E-state index in [4.69, 9.17) is 5.73 Å². The lowest BCUT2D eigenvalue weighted by Gasteiger charge is -2.13. The first-order valence-corrected chi connectivity index (χ1v) is 6.75. The molecule has 4 heteroatoms. The molecule has 1 aliphatic rings. The van der Waals surface area contributed by atoms with Crippen LogP contribution >= 0.6 is 0 Å². The number of rotatable bonds is 6. The van der Waals surface area contributed by atoms with Gasteiger partial charge in [-0.05, 0) is 43.7 Å². The number of carbonyl (C=O) groups is 2. The van der Waals surface area contributed by atoms with Gasteiger partial charge in [0.1, 0.15) is 0 Å². The highest BCUT2D eigenvalue weighted by Crippen LogP contribution is 2.32. The maximum atomic E-state index is 11.8. The maximum absolute atomic E-state index is 11.8. The number of amides is 2. The smallest absolute Gasteiger partial charge is 0.248 e. The van der Waals surface area contributed by atoms with Crippen molar-refractivity contribution in [1.82, 2.24) is 5.32 Å². The van der Waals surface area contributed by atoms with Gasteiger partial charge in [-0.2, -0.15) is 0 Å². The molecule has 0 unspecified atom stereocenters. The van der Waals surface area contributed by atoms with Crippen LogP contribution in [0.4, 0.5) is 0 Å². The predicted molar refractivity (Wildman–Crippen MR) is 73.6 cm³/mol. The average Bonchev–Trinajstić information content (AvgIpc) is 3.20. The summed E-state index contributed by atoms with van der Waals surface area (Å²) < 4.78 is 0. The van der Waals surface area contributed by atoms with E-state index in [0.29, 0.717) is 24.3 Å². The lowest BCUT2D eigenvalue weighted by atomic mass is 10.0. The Morgan fingerprint density at radius 3 is 2.68 bits per heavy atom. The molecule has 0 radical (unpaired) electrons. The van der Waals surface area contributed by atoms with E-state index >= 15 is 0 Å². The van der Waals surface area contributed by atoms with Crippen molar-refractivity contribution in [3.8, 4) is 0 Å². The lowest BCUT2D eigenvalue weighted by molar-refractivity contribution is -0.121. The molecule has 1 aromatic rings. The van der Waals surface area contributed by atoms with Crippen molar-refractivity contribution in [2.24, 2.45) is 11.7 Å². The quantitative estimate of drug-likeness (QED) is 0.816. The van der Waals surface area contributed by atoms with Gasteiger partial charge in [-0.1, -0.05) is 18.2 Å². The predicted octanol–water partition coefficient (Wildman–Crippen LogP) is 1.63. The highest BCUT2D eigenvalue weighted by Gasteiger charge is 2.28. The third-order valence-electron chi connectivity index (χ3n) is 3.62. The van der Waals surface area contributed by atoms with Gasteiger partial charge in [0.25, 0.3) is 0 Å². The first-order valence-electron chi connectivity index (χ1n) is 6.75. The zero-order valence-electron chi connectivity index (χ0n) is 11.2. The molecular weight excluding hydrogens is 240 g/mol. The van der Waals surface area contributed by atoms with Gasteiger partial charge in [0.2, 0.25) is 11.8 Å². The summed E-state index contributed by atoms with van der Waals surface area (Å²) in [6.07, 6.45) is 3.36. The number of hydrogen-bond acceptors (Lipinski definition) is 2. The van der Waals surface area contributed by atoms with Crippen LogP contribution in [0, 0.1) is 5.92 Å². The summed E-state index contributed by atoms with van der Waals surface area (Å²) >= 11 is 0. The van der Waals surface area contributed by atoms with Gasteiger partial charge in [-0.3, -0.25) is 9.59 Å². The zero-order chi connectivity index (χ0) is 13.8. The van der Waals surface area contributed by atoms with Crippen molar-refractivity contribution in [3.63, 3.8) is 0 Å². The van der Waals surface area contributed by atoms with E-state index in [9.17, 15) is 9.59 Å². The highest BCUT2D eigenvalue weighted by molar-refractivity contribution is 5.94. The van der Waals surface area contributed by atoms with Crippen molar-refractivity contribution in [2.75, 3.05) is 0 Å². The minimum absolute atomic E-state index is 0.0404. The number of benzene rings is 1. The molecule has 102 valence electrons. The standard InChI is InChI=1S/C15H20N2O2/c1-10(11-6-7-11)17-14(18)9-8-12-4-2-3-5-13(12)15(16)19/h2-5,10-11H,6-9H2,1H3,(H2,16,19)(H,17,18)/t10-/m1/s1. The number of nitrogens with one attached hydrogen (secondary N) is 1. The first-order chi connectivity index (χ1) is 9.08. The molecule has 19 heavy (non-hydrogen) atoms. The summed E-state index contributed by atoms with van der Waals surface area (Å²) in [5.74, 6) is 0.253. The molecule has 0 saturated heterocycles. The van der Waals surface area contributed by atoms with E-state index in [2.05, 4.69) is 5.32 Å². The van der Waals surface area contributed by atoms with Crippen molar-refractivity contribution in [3.05, 3.63) is 35.4 Å². The summed E-state index contributed by atoms with van der Waals surface area (Å²) in [5.41, 5.74) is 6.65. The Labute approximate surface area is 113 Å². The Kier molecular flexibility index (Phi) is 4.20. The normalized spacial score (nSPS) is 15.8. The van der Waals surface area contributed by atoms with Gasteiger partial charge >= 0.3 is 0 Å². The van der Waals surface area contributed by atoms with Gasteiger partial charge in [-0.25, -0.2) is 0 Å². The van der Waals surface area contributed by atoms with E-state index in [1.165, 1.54) is 12.8 Å². The fraction of sp³-hybridized carbons (Fsp3) is 0.467. The van der Waals surface area contributed by atoms with Crippen LogP contribution in [0.2, 0.25) is 0 Å². The van der Waals surface area contributed by atoms with Gasteiger partial charge in [-0.15, -0.1) is 0 Å². The fourth-order valence-electron chi connectivity index (χ4n) is 2.27. The van der Waals surface area contributed by atoms with E-state index in [1.807, 2.05) is 19.1 Å². The number of aryl methyl sites for hydroxylation is 1. The molecule has 3 N–H and O–H groups in total. The molecular formula is C15H20N2O2. The van der Waals surface area contributed by atoms with Gasteiger partial charge < -0.3 is 11.1 Å². The van der Waals surface area contributed by atoms with Crippen LogP contribution in [0.25, 0.3) is 0 Å². The van der Waals surface area contributed by atoms with Crippen molar-refractivity contribution in [2.45, 2.75) is 38.6 Å². The van der Waals surface area contributed by atoms with Crippen LogP contribution in [0.5, 0.6) is 0 Å². The summed E-state index contributed by atoms with van der Waals surface area (Å²) in [7, 11) is 0. The Morgan fingerprint density at radius 2 is 2.05 bits per heavy atom. The second kappa shape index (κ2) is 5.87. The van der Waals surface area contributed by atoms with Crippen LogP contribution in [0.1, 0.15) is 42.1 Å². The molecule has 0 aliphatic heterocycles. The lowest BCUT2D eigenvalue weighted by Crippen LogP contribution is -2.34. The van der Waals surface area contributed by atoms with E-state index in [1.54, 1.807) is 12.1 Å². The van der Waals surface area contributed by atoms with Gasteiger partial charge in [0.15, 0.2) is 0 Å². The topological polar surface area (TPSA) is 72.2 Å². The van der Waals surface area contributed by atoms with E-state index in [-0.39, 0.29) is 11.9 Å². The molecule has 0 aromatic heterocycles. The molecule has 1 saturated carbocycles. The Morgan fingerprint density at radius 1 is 1.37 bits per heavy atom. The van der Waals surface area contributed by atoms with Crippen LogP contribution in [-0.4, -0.2) is 17.9 Å². The number of primary amides is 1. The Bertz CT molecular complexity index is 481. The molecule has 1 aliphatic carbocycles. The minimum atomic E-state index is -0.442. The fourth-order valence-corrected chi connectivity index (χ4v) is 2.27. The maximum Gasteiger partial charge on any atom is 0.248 e. The molecule has 1 atom stereocenters. The Balaban J connectivity index is 1.87. The molecule has 1 fully saturated rings. The van der Waals surface area contributed by atoms with Gasteiger partial charge in [0.05, 0.1) is 0 Å². The zero-order valence-corrected chi connectivity index (χ0v) is 11.2. The SMILES string of the molecule is C[C@@H](NC(=O)CCc1ccccc1C(N)=O)C1CC1. The largest absolute Gasteiger partial charge is 0.366 e. The van der Waals surface area contributed by atoms with Crippen LogP contribution in [0.3, 0.4) is 0 Å². The summed E-state index contributed by atoms with van der Waals surface area (Å²) in [5, 5.41) is 3.01. The van der Waals surface area contributed by atoms with E-state index in [0.717, 1.165) is 5.56 Å². The second-order valence-corrected chi connectivity index (χ2v) is 5.22. The molecule has 0 heterocycles. The average molecular weight is 260 g/mol. The van der Waals surface area contributed by atoms with Crippen molar-refractivity contribution in [1.29, 1.82) is 0 Å². The molecule has 1 aromatic carbocycles. The highest BCUT2D eigenvalue weighted by atomic mass is 16.2. The van der Waals surface area contributed by atoms with Crippen LogP contribution in [-0.2, 0) is 11.2 Å². The third kappa shape index (κ3) is 3.81. The molecule has 0 spiro atoms. The molecule has 2 amide bonds. The monoisotopic (exact) mass is 260 g/mol. The molecule has 0 bridgehead atoms. The molecule has 2 rings (SSSR count). The van der Waals surface area contributed by atoms with Crippen molar-refractivity contribution < 1.29 is 9.59 Å². The summed E-state index contributed by atoms with van der Waals surface area (Å²) in [4.78, 5) is 23.1. The number of nitrogens with two attached hydrogens (primary N) is 1. The minimum Gasteiger partial charge on any atom is -0.366 e. The van der Waals surface area contributed by atoms with E-state index < -0.39 is 5.91 Å². The second-order valence-electron chi connectivity index (χ2n) is 5.22. The Hall–Kier alpha value is -1.84. The first kappa shape index (κ1) is 13.6. The van der Waals surface area contributed by atoms with Crippen molar-refractivity contribution >= 4 is 11.8 Å². The third-order valence-corrected chi connectivity index (χ3v) is 3.62. The summed E-state index contributed by atoms with van der Waals surface area (Å²) in [6.45, 7) is 2.05. The molecule has 4 nitrogen and oxygen atoms in total. The van der Waals surface area contributed by atoms with Crippen LogP contribution in [0.15, 0.2) is 24.3 Å². The number of hydrogen-bond donors (Lipinski definition) is 2. The van der Waals surface area contributed by atoms with Gasteiger partial charge in [0, 0.05) is 18.0 Å².